The molecule has 1 amide bonds. The maximum atomic E-state index is 14.2. The Hall–Kier alpha value is -1.63. The fourth-order valence-corrected chi connectivity index (χ4v) is 2.33. The first-order valence-electron chi connectivity index (χ1n) is 6.39. The number of nitrogens with zero attached hydrogens (tertiary/aromatic N) is 2. The Bertz CT molecular complexity index is 481. The molecule has 1 aliphatic rings. The standard InChI is InChI=1S/C13H19FN2O4/c1-12(2,3)20-11(17)16-7-8(14)9(13(16,4)18)10-15-5-6-19-10/h5-6,8-9,18H,7H2,1-4H3. The number of oxazole rings is 1. The van der Waals surface area contributed by atoms with Gasteiger partial charge in [0.25, 0.3) is 0 Å². The molecule has 0 spiro atoms. The third-order valence-corrected chi connectivity index (χ3v) is 3.19. The van der Waals surface area contributed by atoms with Gasteiger partial charge in [0, 0.05) is 0 Å². The molecule has 1 N–H and O–H groups in total. The van der Waals surface area contributed by atoms with Gasteiger partial charge in [0.2, 0.25) is 5.89 Å². The van der Waals surface area contributed by atoms with Gasteiger partial charge in [0.05, 0.1) is 12.7 Å². The van der Waals surface area contributed by atoms with Crippen LogP contribution in [0.25, 0.3) is 0 Å². The Morgan fingerprint density at radius 1 is 1.65 bits per heavy atom. The zero-order valence-corrected chi connectivity index (χ0v) is 12.0. The quantitative estimate of drug-likeness (QED) is 0.855. The van der Waals surface area contributed by atoms with E-state index in [2.05, 4.69) is 4.98 Å². The van der Waals surface area contributed by atoms with Gasteiger partial charge in [-0.25, -0.2) is 14.2 Å². The van der Waals surface area contributed by atoms with Gasteiger partial charge in [0.1, 0.15) is 24.0 Å². The van der Waals surface area contributed by atoms with Crippen molar-refractivity contribution in [3.05, 3.63) is 18.4 Å². The first kappa shape index (κ1) is 14.8. The molecule has 2 heterocycles. The van der Waals surface area contributed by atoms with Gasteiger partial charge in [-0.15, -0.1) is 0 Å². The maximum absolute atomic E-state index is 14.2. The van der Waals surface area contributed by atoms with E-state index >= 15 is 0 Å². The van der Waals surface area contributed by atoms with Gasteiger partial charge in [0.15, 0.2) is 5.72 Å². The summed E-state index contributed by atoms with van der Waals surface area (Å²) in [6, 6.07) is 0. The molecule has 6 nitrogen and oxygen atoms in total. The molecule has 3 unspecified atom stereocenters. The van der Waals surface area contributed by atoms with Crippen LogP contribution in [0, 0.1) is 0 Å². The van der Waals surface area contributed by atoms with Crippen LogP contribution in [-0.4, -0.2) is 45.1 Å². The monoisotopic (exact) mass is 286 g/mol. The summed E-state index contributed by atoms with van der Waals surface area (Å²) in [5, 5.41) is 10.5. The summed E-state index contributed by atoms with van der Waals surface area (Å²) in [4.78, 5) is 16.9. The highest BCUT2D eigenvalue weighted by Crippen LogP contribution is 2.42. The van der Waals surface area contributed by atoms with E-state index in [1.165, 1.54) is 19.4 Å². The van der Waals surface area contributed by atoms with Crippen molar-refractivity contribution >= 4 is 6.09 Å². The lowest BCUT2D eigenvalue weighted by Gasteiger charge is -2.33. The zero-order chi connectivity index (χ0) is 15.1. The highest BCUT2D eigenvalue weighted by atomic mass is 19.1. The minimum Gasteiger partial charge on any atom is -0.448 e. The lowest BCUT2D eigenvalue weighted by atomic mass is 9.97. The van der Waals surface area contributed by atoms with Crippen LogP contribution in [0.4, 0.5) is 9.18 Å². The third-order valence-electron chi connectivity index (χ3n) is 3.19. The van der Waals surface area contributed by atoms with Gasteiger partial charge in [-0.2, -0.15) is 0 Å². The number of aliphatic hydroxyl groups is 1. The van der Waals surface area contributed by atoms with Crippen molar-refractivity contribution in [1.29, 1.82) is 0 Å². The van der Waals surface area contributed by atoms with Gasteiger partial charge >= 0.3 is 6.09 Å². The molecule has 1 aromatic heterocycles. The predicted molar refractivity (Wildman–Crippen MR) is 67.7 cm³/mol. The molecule has 0 saturated carbocycles. The Morgan fingerprint density at radius 3 is 2.80 bits per heavy atom. The summed E-state index contributed by atoms with van der Waals surface area (Å²) in [7, 11) is 0. The van der Waals surface area contributed by atoms with Crippen LogP contribution >= 0.6 is 0 Å². The largest absolute Gasteiger partial charge is 0.448 e. The van der Waals surface area contributed by atoms with E-state index in [0.29, 0.717) is 0 Å². The van der Waals surface area contributed by atoms with Crippen molar-refractivity contribution in [1.82, 2.24) is 9.88 Å². The fourth-order valence-electron chi connectivity index (χ4n) is 2.33. The van der Waals surface area contributed by atoms with Crippen molar-refractivity contribution in [2.75, 3.05) is 6.54 Å². The van der Waals surface area contributed by atoms with Crippen molar-refractivity contribution in [3.8, 4) is 0 Å². The molecule has 7 heteroatoms. The molecule has 0 aliphatic carbocycles. The SMILES string of the molecule is CC(C)(C)OC(=O)N1CC(F)C(c2ncco2)C1(C)O. The summed E-state index contributed by atoms with van der Waals surface area (Å²) in [6.07, 6.45) is 0.429. The number of hydrogen-bond donors (Lipinski definition) is 1. The Balaban J connectivity index is 2.24. The van der Waals surface area contributed by atoms with E-state index < -0.39 is 29.5 Å². The number of halogens is 1. The average Bonchev–Trinajstić information content (AvgIpc) is 2.82. The summed E-state index contributed by atoms with van der Waals surface area (Å²) in [5.41, 5.74) is -2.48. The van der Waals surface area contributed by atoms with Crippen molar-refractivity contribution < 1.29 is 23.4 Å². The molecule has 1 saturated heterocycles. The Kier molecular flexibility index (Phi) is 3.49. The molecular weight excluding hydrogens is 267 g/mol. The number of likely N-dealkylation sites (tertiary alicyclic amines) is 1. The number of hydrogen-bond acceptors (Lipinski definition) is 5. The lowest BCUT2D eigenvalue weighted by molar-refractivity contribution is -0.0844. The van der Waals surface area contributed by atoms with Gasteiger partial charge in [-0.05, 0) is 27.7 Å². The van der Waals surface area contributed by atoms with E-state index in [1.54, 1.807) is 20.8 Å². The fraction of sp³-hybridized carbons (Fsp3) is 0.692. The van der Waals surface area contributed by atoms with E-state index in [-0.39, 0.29) is 12.4 Å². The predicted octanol–water partition coefficient (Wildman–Crippen LogP) is 2.06. The molecule has 1 aliphatic heterocycles. The van der Waals surface area contributed by atoms with Crippen LogP contribution in [0.5, 0.6) is 0 Å². The molecule has 0 bridgehead atoms. The average molecular weight is 286 g/mol. The van der Waals surface area contributed by atoms with Crippen molar-refractivity contribution in [2.45, 2.75) is 51.1 Å². The second-order valence-corrected chi connectivity index (χ2v) is 6.05. The van der Waals surface area contributed by atoms with E-state index in [4.69, 9.17) is 9.15 Å². The van der Waals surface area contributed by atoms with Crippen LogP contribution in [0.2, 0.25) is 0 Å². The van der Waals surface area contributed by atoms with Crippen LogP contribution in [0.1, 0.15) is 39.5 Å². The molecule has 20 heavy (non-hydrogen) atoms. The number of aromatic nitrogens is 1. The Morgan fingerprint density at radius 2 is 2.30 bits per heavy atom. The second-order valence-electron chi connectivity index (χ2n) is 6.05. The molecule has 1 aromatic rings. The van der Waals surface area contributed by atoms with E-state index in [1.807, 2.05) is 0 Å². The molecule has 2 rings (SSSR count). The Labute approximate surface area is 116 Å². The van der Waals surface area contributed by atoms with Crippen LogP contribution in [0.15, 0.2) is 16.9 Å². The van der Waals surface area contributed by atoms with E-state index in [9.17, 15) is 14.3 Å². The molecule has 3 atom stereocenters. The normalized spacial score (nSPS) is 30.6. The smallest absolute Gasteiger partial charge is 0.412 e. The summed E-state index contributed by atoms with van der Waals surface area (Å²) < 4.78 is 24.4. The second kappa shape index (κ2) is 4.73. The summed E-state index contributed by atoms with van der Waals surface area (Å²) in [6.45, 7) is 6.19. The van der Waals surface area contributed by atoms with Gasteiger partial charge in [-0.1, -0.05) is 0 Å². The van der Waals surface area contributed by atoms with Gasteiger partial charge < -0.3 is 14.3 Å². The third kappa shape index (κ3) is 2.63. The lowest BCUT2D eigenvalue weighted by Crippen LogP contribution is -2.49. The van der Waals surface area contributed by atoms with Crippen LogP contribution in [0.3, 0.4) is 0 Å². The number of rotatable bonds is 1. The zero-order valence-electron chi connectivity index (χ0n) is 12.0. The highest BCUT2D eigenvalue weighted by molar-refractivity contribution is 5.70. The number of alkyl halides is 1. The van der Waals surface area contributed by atoms with Gasteiger partial charge in [-0.3, -0.25) is 4.90 Å². The number of amides is 1. The summed E-state index contributed by atoms with van der Waals surface area (Å²) >= 11 is 0. The van der Waals surface area contributed by atoms with Crippen LogP contribution in [-0.2, 0) is 4.74 Å². The molecule has 1 fully saturated rings. The molecular formula is C13H19FN2O4. The molecule has 112 valence electrons. The topological polar surface area (TPSA) is 75.8 Å². The highest BCUT2D eigenvalue weighted by Gasteiger charge is 2.56. The molecule has 0 aromatic carbocycles. The first-order valence-corrected chi connectivity index (χ1v) is 6.39. The number of carbonyl (C=O) groups is 1. The van der Waals surface area contributed by atoms with Crippen molar-refractivity contribution in [3.63, 3.8) is 0 Å². The minimum absolute atomic E-state index is 0.0635. The maximum Gasteiger partial charge on any atom is 0.412 e. The minimum atomic E-state index is -1.76. The number of carbonyl (C=O) groups excluding carboxylic acids is 1. The summed E-state index contributed by atoms with van der Waals surface area (Å²) in [5.74, 6) is -0.974. The van der Waals surface area contributed by atoms with Crippen molar-refractivity contribution in [2.24, 2.45) is 0 Å². The number of ether oxygens (including phenoxy) is 1. The first-order chi connectivity index (χ1) is 9.13. The van der Waals surface area contributed by atoms with Crippen LogP contribution < -0.4 is 0 Å². The van der Waals surface area contributed by atoms with E-state index in [0.717, 1.165) is 4.90 Å². The molecule has 0 radical (unpaired) electrons.